The fourth-order valence-corrected chi connectivity index (χ4v) is 5.54. The molecule has 0 amide bonds. The molecule has 22 heavy (non-hydrogen) atoms. The van der Waals surface area contributed by atoms with Gasteiger partial charge in [-0.3, -0.25) is 4.79 Å². The van der Waals surface area contributed by atoms with Crippen molar-refractivity contribution < 1.29 is 15.0 Å². The third-order valence-corrected chi connectivity index (χ3v) is 6.79. The molecular weight excluding hydrogens is 276 g/mol. The molecule has 2 fully saturated rings. The van der Waals surface area contributed by atoms with E-state index in [-0.39, 0.29) is 17.8 Å². The van der Waals surface area contributed by atoms with Gasteiger partial charge in [0.15, 0.2) is 0 Å². The molecule has 0 saturated heterocycles. The smallest absolute Gasteiger partial charge is 0.139 e. The zero-order valence-electron chi connectivity index (χ0n) is 13.1. The van der Waals surface area contributed by atoms with Crippen LogP contribution in [0.5, 0.6) is 5.75 Å². The second-order valence-corrected chi connectivity index (χ2v) is 7.66. The predicted octanol–water partition coefficient (Wildman–Crippen LogP) is 3.75. The van der Waals surface area contributed by atoms with E-state index in [0.717, 1.165) is 38.5 Å². The van der Waals surface area contributed by atoms with Gasteiger partial charge >= 0.3 is 0 Å². The average Bonchev–Trinajstić information content (AvgIpc) is 2.82. The Bertz CT molecular complexity index is 636. The second-order valence-electron chi connectivity index (χ2n) is 7.66. The topological polar surface area (TPSA) is 57.2 Å². The van der Waals surface area contributed by atoms with Crippen LogP contribution in [0.1, 0.15) is 61.6 Å². The summed E-state index contributed by atoms with van der Waals surface area (Å²) in [4.78, 5) is 12.3. The molecule has 0 aromatic heterocycles. The minimum atomic E-state index is -0.365. The number of phenols is 1. The zero-order chi connectivity index (χ0) is 15.5. The van der Waals surface area contributed by atoms with E-state index in [1.165, 1.54) is 11.1 Å². The van der Waals surface area contributed by atoms with Crippen LogP contribution in [0.15, 0.2) is 12.1 Å². The van der Waals surface area contributed by atoms with Crippen LogP contribution < -0.4 is 0 Å². The number of Topliss-reactive ketones (excluding diaryl/α,β-unsaturated/α-hetero) is 1. The molecule has 1 radical (unpaired) electrons. The SMILES string of the molecule is C[C@]12CCC3c4cc(C[O])c(O)cc4CCC3C1CCC2=O. The van der Waals surface area contributed by atoms with Gasteiger partial charge in [0.2, 0.25) is 0 Å². The number of aromatic hydroxyl groups is 1. The molecule has 3 heteroatoms. The first kappa shape index (κ1) is 14.3. The normalized spacial score (nSPS) is 36.6. The molecule has 1 N–H and O–H groups in total. The van der Waals surface area contributed by atoms with Crippen LogP contribution >= 0.6 is 0 Å². The molecule has 117 valence electrons. The fourth-order valence-electron chi connectivity index (χ4n) is 5.54. The third-order valence-electron chi connectivity index (χ3n) is 6.79. The number of hydrogen-bond donors (Lipinski definition) is 1. The molecule has 4 rings (SSSR count). The van der Waals surface area contributed by atoms with E-state index in [1.54, 1.807) is 0 Å². The summed E-state index contributed by atoms with van der Waals surface area (Å²) in [6.07, 6.45) is 5.88. The van der Waals surface area contributed by atoms with Gasteiger partial charge in [0.05, 0.1) is 0 Å². The first-order valence-electron chi connectivity index (χ1n) is 8.50. The molecule has 2 saturated carbocycles. The van der Waals surface area contributed by atoms with Gasteiger partial charge < -0.3 is 5.11 Å². The van der Waals surface area contributed by atoms with Crippen LogP contribution in [0.25, 0.3) is 0 Å². The van der Waals surface area contributed by atoms with Gasteiger partial charge in [-0.15, -0.1) is 0 Å². The molecule has 3 nitrogen and oxygen atoms in total. The maximum Gasteiger partial charge on any atom is 0.139 e. The van der Waals surface area contributed by atoms with Crippen molar-refractivity contribution >= 4 is 5.78 Å². The van der Waals surface area contributed by atoms with Crippen molar-refractivity contribution in [3.05, 3.63) is 28.8 Å². The maximum atomic E-state index is 12.3. The number of carbonyl (C=O) groups excluding carboxylic acids is 1. The molecule has 0 spiro atoms. The standard InChI is InChI=1S/C19H23O3/c1-19-7-6-13-14(16(19)4-5-18(19)22)3-2-11-9-17(21)12(10-20)8-15(11)13/h8-9,13-14,16,21H,2-7,10H2,1H3/t13?,14?,16?,19-/m0/s1. The Morgan fingerprint density at radius 3 is 2.82 bits per heavy atom. The largest absolute Gasteiger partial charge is 0.508 e. The molecule has 3 aliphatic carbocycles. The Morgan fingerprint density at radius 1 is 1.23 bits per heavy atom. The minimum Gasteiger partial charge on any atom is -0.508 e. The van der Waals surface area contributed by atoms with E-state index in [2.05, 4.69) is 6.92 Å². The van der Waals surface area contributed by atoms with Crippen molar-refractivity contribution in [2.24, 2.45) is 17.3 Å². The van der Waals surface area contributed by atoms with Crippen molar-refractivity contribution in [2.75, 3.05) is 0 Å². The zero-order valence-corrected chi connectivity index (χ0v) is 13.1. The fraction of sp³-hybridized carbons (Fsp3) is 0.632. The summed E-state index contributed by atoms with van der Waals surface area (Å²) in [7, 11) is 0. The van der Waals surface area contributed by atoms with Crippen LogP contribution in [0.2, 0.25) is 0 Å². The molecule has 1 aromatic carbocycles. The van der Waals surface area contributed by atoms with Gasteiger partial charge in [-0.1, -0.05) is 6.92 Å². The highest BCUT2D eigenvalue weighted by Gasteiger charge is 2.54. The van der Waals surface area contributed by atoms with E-state index in [4.69, 9.17) is 0 Å². The van der Waals surface area contributed by atoms with Crippen molar-refractivity contribution in [1.29, 1.82) is 0 Å². The van der Waals surface area contributed by atoms with Crippen LogP contribution in [-0.2, 0) is 22.9 Å². The molecular formula is C19H23O3. The molecule has 0 aliphatic heterocycles. The number of phenolic OH excluding ortho intramolecular Hbond substituents is 1. The number of aryl methyl sites for hydroxylation is 1. The maximum absolute atomic E-state index is 12.3. The lowest BCUT2D eigenvalue weighted by Crippen LogP contribution is -2.42. The Kier molecular flexibility index (Phi) is 3.12. The molecule has 4 atom stereocenters. The third kappa shape index (κ3) is 1.81. The summed E-state index contributed by atoms with van der Waals surface area (Å²) in [5.41, 5.74) is 2.91. The quantitative estimate of drug-likeness (QED) is 0.858. The van der Waals surface area contributed by atoms with E-state index in [1.807, 2.05) is 12.1 Å². The second kappa shape index (κ2) is 4.82. The van der Waals surface area contributed by atoms with Crippen LogP contribution in [-0.4, -0.2) is 10.9 Å². The average molecular weight is 299 g/mol. The highest BCUT2D eigenvalue weighted by Crippen LogP contribution is 2.59. The summed E-state index contributed by atoms with van der Waals surface area (Å²) in [6, 6.07) is 3.76. The van der Waals surface area contributed by atoms with Gasteiger partial charge in [-0.05, 0) is 73.1 Å². The molecule has 0 bridgehead atoms. The monoisotopic (exact) mass is 299 g/mol. The number of ketones is 1. The highest BCUT2D eigenvalue weighted by atomic mass is 16.3. The van der Waals surface area contributed by atoms with Gasteiger partial charge in [0.1, 0.15) is 18.1 Å². The predicted molar refractivity (Wildman–Crippen MR) is 82.1 cm³/mol. The van der Waals surface area contributed by atoms with E-state index >= 15 is 0 Å². The minimum absolute atomic E-state index is 0.100. The number of rotatable bonds is 1. The highest BCUT2D eigenvalue weighted by molar-refractivity contribution is 5.87. The Morgan fingerprint density at radius 2 is 2.05 bits per heavy atom. The lowest BCUT2D eigenvalue weighted by atomic mass is 9.55. The summed E-state index contributed by atoms with van der Waals surface area (Å²) in [5, 5.41) is 21.2. The van der Waals surface area contributed by atoms with Crippen molar-refractivity contribution in [2.45, 2.75) is 58.0 Å². The lowest BCUT2D eigenvalue weighted by molar-refractivity contribution is -0.129. The van der Waals surface area contributed by atoms with Gasteiger partial charge in [-0.2, -0.15) is 0 Å². The van der Waals surface area contributed by atoms with Crippen LogP contribution in [0, 0.1) is 17.3 Å². The lowest BCUT2D eigenvalue weighted by Gasteiger charge is -2.48. The van der Waals surface area contributed by atoms with Crippen molar-refractivity contribution in [1.82, 2.24) is 0 Å². The van der Waals surface area contributed by atoms with Gasteiger partial charge in [-0.25, -0.2) is 5.11 Å². The van der Waals surface area contributed by atoms with Crippen molar-refractivity contribution in [3.8, 4) is 5.75 Å². The van der Waals surface area contributed by atoms with Gasteiger partial charge in [0, 0.05) is 17.4 Å². The number of fused-ring (bicyclic) bond motifs is 5. The number of carbonyl (C=O) groups is 1. The Hall–Kier alpha value is -1.35. The summed E-state index contributed by atoms with van der Waals surface area (Å²) >= 11 is 0. The molecule has 3 unspecified atom stereocenters. The van der Waals surface area contributed by atoms with Crippen molar-refractivity contribution in [3.63, 3.8) is 0 Å². The number of hydrogen-bond acceptors (Lipinski definition) is 2. The Balaban J connectivity index is 1.74. The molecule has 0 heterocycles. The van der Waals surface area contributed by atoms with E-state index < -0.39 is 0 Å². The van der Waals surface area contributed by atoms with E-state index in [0.29, 0.717) is 29.1 Å². The number of benzene rings is 1. The molecule has 1 aromatic rings. The first-order valence-corrected chi connectivity index (χ1v) is 8.50. The molecule has 3 aliphatic rings. The summed E-state index contributed by atoms with van der Waals surface area (Å²) in [6.45, 7) is 1.81. The summed E-state index contributed by atoms with van der Waals surface area (Å²) in [5.74, 6) is 2.17. The first-order chi connectivity index (χ1) is 10.5. The Labute approximate surface area is 131 Å². The van der Waals surface area contributed by atoms with Gasteiger partial charge in [0.25, 0.3) is 0 Å². The van der Waals surface area contributed by atoms with Crippen LogP contribution in [0.4, 0.5) is 0 Å². The summed E-state index contributed by atoms with van der Waals surface area (Å²) < 4.78 is 0. The van der Waals surface area contributed by atoms with E-state index in [9.17, 15) is 15.0 Å². The van der Waals surface area contributed by atoms with Crippen LogP contribution in [0.3, 0.4) is 0 Å².